The Morgan fingerprint density at radius 1 is 1.23 bits per heavy atom. The van der Waals surface area contributed by atoms with E-state index in [2.05, 4.69) is 28.4 Å². The number of carbonyl (C=O) groups is 1. The van der Waals surface area contributed by atoms with Gasteiger partial charge < -0.3 is 5.32 Å². The van der Waals surface area contributed by atoms with E-state index in [1.165, 1.54) is 4.70 Å². The van der Waals surface area contributed by atoms with Gasteiger partial charge in [-0.05, 0) is 44.0 Å². The Kier molecular flexibility index (Phi) is 5.00. The molecule has 1 fully saturated rings. The second-order valence-electron chi connectivity index (χ2n) is 6.85. The molecular formula is C21H23N3OS. The number of rotatable bonds is 5. The molecule has 2 aromatic carbocycles. The predicted molar refractivity (Wildman–Crippen MR) is 106 cm³/mol. The number of nitrogens with zero attached hydrogens (tertiary/aromatic N) is 2. The Morgan fingerprint density at radius 2 is 2.00 bits per heavy atom. The minimum absolute atomic E-state index is 0.0206. The lowest BCUT2D eigenvalue weighted by atomic mass is 10.1. The van der Waals surface area contributed by atoms with Crippen LogP contribution in [0.3, 0.4) is 0 Å². The van der Waals surface area contributed by atoms with Crippen LogP contribution in [0.2, 0.25) is 0 Å². The molecule has 2 heterocycles. The SMILES string of the molecule is C[C@@H](NC(=O)CN1CCC[C@H]1c1nc2ccccc2s1)c1ccccc1. The topological polar surface area (TPSA) is 45.2 Å². The molecule has 0 unspecified atom stereocenters. The van der Waals surface area contributed by atoms with Crippen LogP contribution in [0.4, 0.5) is 0 Å². The molecule has 134 valence electrons. The molecule has 1 aromatic heterocycles. The van der Waals surface area contributed by atoms with E-state index >= 15 is 0 Å². The van der Waals surface area contributed by atoms with E-state index in [0.29, 0.717) is 6.54 Å². The number of hydrogen-bond donors (Lipinski definition) is 1. The van der Waals surface area contributed by atoms with Crippen LogP contribution in [0.1, 0.15) is 42.4 Å². The molecule has 26 heavy (non-hydrogen) atoms. The highest BCUT2D eigenvalue weighted by atomic mass is 32.1. The fraction of sp³-hybridized carbons (Fsp3) is 0.333. The molecule has 3 aromatic rings. The standard InChI is InChI=1S/C21H23N3OS/c1-15(16-8-3-2-4-9-16)22-20(25)14-24-13-7-11-18(24)21-23-17-10-5-6-12-19(17)26-21/h2-6,8-10,12,15,18H,7,11,13-14H2,1H3,(H,22,25)/t15-,18+/m1/s1. The zero-order chi connectivity index (χ0) is 17.9. The highest BCUT2D eigenvalue weighted by molar-refractivity contribution is 7.18. The van der Waals surface area contributed by atoms with Crippen molar-refractivity contribution in [3.8, 4) is 0 Å². The lowest BCUT2D eigenvalue weighted by Crippen LogP contribution is -2.38. The summed E-state index contributed by atoms with van der Waals surface area (Å²) in [4.78, 5) is 19.6. The summed E-state index contributed by atoms with van der Waals surface area (Å²) in [6, 6.07) is 18.6. The van der Waals surface area contributed by atoms with Gasteiger partial charge in [0.2, 0.25) is 5.91 Å². The first-order valence-corrected chi connectivity index (χ1v) is 9.96. The van der Waals surface area contributed by atoms with E-state index in [0.717, 1.165) is 35.5 Å². The third-order valence-electron chi connectivity index (χ3n) is 4.98. The number of nitrogens with one attached hydrogen (secondary N) is 1. The molecule has 0 aliphatic carbocycles. The first kappa shape index (κ1) is 17.2. The van der Waals surface area contributed by atoms with Gasteiger partial charge in [-0.3, -0.25) is 9.69 Å². The first-order chi connectivity index (χ1) is 12.7. The van der Waals surface area contributed by atoms with Crippen LogP contribution < -0.4 is 5.32 Å². The van der Waals surface area contributed by atoms with Gasteiger partial charge in [0, 0.05) is 0 Å². The van der Waals surface area contributed by atoms with Crippen molar-refractivity contribution < 1.29 is 4.79 Å². The molecule has 0 saturated carbocycles. The molecule has 1 aliphatic heterocycles. The minimum Gasteiger partial charge on any atom is -0.348 e. The zero-order valence-electron chi connectivity index (χ0n) is 14.9. The Hall–Kier alpha value is -2.24. The molecule has 0 bridgehead atoms. The number of hydrogen-bond acceptors (Lipinski definition) is 4. The van der Waals surface area contributed by atoms with Crippen LogP contribution >= 0.6 is 11.3 Å². The van der Waals surface area contributed by atoms with E-state index < -0.39 is 0 Å². The van der Waals surface area contributed by atoms with Crippen molar-refractivity contribution in [3.63, 3.8) is 0 Å². The van der Waals surface area contributed by atoms with Gasteiger partial charge >= 0.3 is 0 Å². The van der Waals surface area contributed by atoms with Crippen molar-refractivity contribution in [2.75, 3.05) is 13.1 Å². The van der Waals surface area contributed by atoms with Gasteiger partial charge in [-0.2, -0.15) is 0 Å². The van der Waals surface area contributed by atoms with E-state index in [-0.39, 0.29) is 18.0 Å². The fourth-order valence-corrected chi connectivity index (χ4v) is 4.76. The van der Waals surface area contributed by atoms with Crippen molar-refractivity contribution in [1.29, 1.82) is 0 Å². The van der Waals surface area contributed by atoms with Gasteiger partial charge in [0.15, 0.2) is 0 Å². The largest absolute Gasteiger partial charge is 0.348 e. The third-order valence-corrected chi connectivity index (χ3v) is 6.12. The Morgan fingerprint density at radius 3 is 2.81 bits per heavy atom. The van der Waals surface area contributed by atoms with Crippen molar-refractivity contribution in [2.24, 2.45) is 0 Å². The van der Waals surface area contributed by atoms with Gasteiger partial charge in [-0.15, -0.1) is 11.3 Å². The predicted octanol–water partition coefficient (Wildman–Crippen LogP) is 4.31. The van der Waals surface area contributed by atoms with Gasteiger partial charge in [0.1, 0.15) is 5.01 Å². The van der Waals surface area contributed by atoms with Crippen LogP contribution in [-0.2, 0) is 4.79 Å². The number of thiazole rings is 1. The van der Waals surface area contributed by atoms with Crippen molar-refractivity contribution in [2.45, 2.75) is 31.8 Å². The molecular weight excluding hydrogens is 342 g/mol. The van der Waals surface area contributed by atoms with Crippen LogP contribution in [0.15, 0.2) is 54.6 Å². The molecule has 0 radical (unpaired) electrons. The number of para-hydroxylation sites is 1. The quantitative estimate of drug-likeness (QED) is 0.733. The van der Waals surface area contributed by atoms with Gasteiger partial charge in [0.05, 0.1) is 28.8 Å². The molecule has 1 amide bonds. The maximum atomic E-state index is 12.6. The summed E-state index contributed by atoms with van der Waals surface area (Å²) in [6.07, 6.45) is 2.18. The monoisotopic (exact) mass is 365 g/mol. The zero-order valence-corrected chi connectivity index (χ0v) is 15.7. The van der Waals surface area contributed by atoms with Crippen molar-refractivity contribution in [1.82, 2.24) is 15.2 Å². The maximum Gasteiger partial charge on any atom is 0.234 e. The Labute approximate surface area is 157 Å². The lowest BCUT2D eigenvalue weighted by Gasteiger charge is -2.23. The van der Waals surface area contributed by atoms with Crippen LogP contribution in [0.25, 0.3) is 10.2 Å². The second kappa shape index (κ2) is 7.56. The summed E-state index contributed by atoms with van der Waals surface area (Å²) in [5.74, 6) is 0.0781. The molecule has 1 saturated heterocycles. The summed E-state index contributed by atoms with van der Waals surface area (Å²) in [7, 11) is 0. The first-order valence-electron chi connectivity index (χ1n) is 9.14. The van der Waals surface area contributed by atoms with E-state index in [9.17, 15) is 4.79 Å². The molecule has 4 nitrogen and oxygen atoms in total. The number of carbonyl (C=O) groups excluding carboxylic acids is 1. The molecule has 5 heteroatoms. The average molecular weight is 366 g/mol. The summed E-state index contributed by atoms with van der Waals surface area (Å²) in [6.45, 7) is 3.41. The third kappa shape index (κ3) is 3.64. The molecule has 0 spiro atoms. The van der Waals surface area contributed by atoms with Gasteiger partial charge in [0.25, 0.3) is 0 Å². The number of likely N-dealkylation sites (tertiary alicyclic amines) is 1. The molecule has 1 N–H and O–H groups in total. The van der Waals surface area contributed by atoms with Crippen LogP contribution in [-0.4, -0.2) is 28.9 Å². The second-order valence-corrected chi connectivity index (χ2v) is 7.91. The summed E-state index contributed by atoms with van der Waals surface area (Å²) >= 11 is 1.75. The highest BCUT2D eigenvalue weighted by Crippen LogP contribution is 2.36. The number of benzene rings is 2. The molecule has 1 aliphatic rings. The van der Waals surface area contributed by atoms with Crippen molar-refractivity contribution >= 4 is 27.5 Å². The fourth-order valence-electron chi connectivity index (χ4n) is 3.62. The van der Waals surface area contributed by atoms with E-state index in [1.807, 2.05) is 43.3 Å². The van der Waals surface area contributed by atoms with E-state index in [1.54, 1.807) is 11.3 Å². The molecule has 2 atom stereocenters. The van der Waals surface area contributed by atoms with Crippen LogP contribution in [0.5, 0.6) is 0 Å². The normalized spacial score (nSPS) is 18.9. The maximum absolute atomic E-state index is 12.6. The van der Waals surface area contributed by atoms with Crippen molar-refractivity contribution in [3.05, 3.63) is 65.2 Å². The Bertz CT molecular complexity index is 859. The highest BCUT2D eigenvalue weighted by Gasteiger charge is 2.30. The number of fused-ring (bicyclic) bond motifs is 1. The lowest BCUT2D eigenvalue weighted by molar-refractivity contribution is -0.123. The number of aromatic nitrogens is 1. The summed E-state index contributed by atoms with van der Waals surface area (Å²) < 4.78 is 1.22. The molecule has 4 rings (SSSR count). The smallest absolute Gasteiger partial charge is 0.234 e. The summed E-state index contributed by atoms with van der Waals surface area (Å²) in [5.41, 5.74) is 2.19. The average Bonchev–Trinajstić information content (AvgIpc) is 3.28. The van der Waals surface area contributed by atoms with E-state index in [4.69, 9.17) is 4.98 Å². The van der Waals surface area contributed by atoms with Crippen LogP contribution in [0, 0.1) is 0 Å². The minimum atomic E-state index is 0.0206. The number of amides is 1. The Balaban J connectivity index is 1.42. The van der Waals surface area contributed by atoms with Gasteiger partial charge in [-0.25, -0.2) is 4.98 Å². The van der Waals surface area contributed by atoms with Gasteiger partial charge in [-0.1, -0.05) is 42.5 Å². The summed E-state index contributed by atoms with van der Waals surface area (Å²) in [5, 5.41) is 4.26.